The van der Waals surface area contributed by atoms with Gasteiger partial charge in [-0.15, -0.1) is 0 Å². The first-order valence-corrected chi connectivity index (χ1v) is 9.93. The van der Waals surface area contributed by atoms with Crippen molar-refractivity contribution >= 4 is 23.1 Å². The fourth-order valence-electron chi connectivity index (χ4n) is 3.85. The topological polar surface area (TPSA) is 86.0 Å². The van der Waals surface area contributed by atoms with Crippen LogP contribution in [-0.2, 0) is 16.2 Å². The fourth-order valence-corrected chi connectivity index (χ4v) is 3.85. The molecule has 0 radical (unpaired) electrons. The largest absolute Gasteiger partial charge is 0.283 e. The van der Waals surface area contributed by atoms with Crippen LogP contribution in [0.5, 0.6) is 0 Å². The van der Waals surface area contributed by atoms with Crippen LogP contribution in [0.25, 0.3) is 0 Å². The lowest BCUT2D eigenvalue weighted by molar-refractivity contribution is 0.568. The second kappa shape index (κ2) is 6.64. The Labute approximate surface area is 168 Å². The molecule has 6 nitrogen and oxygen atoms in total. The summed E-state index contributed by atoms with van der Waals surface area (Å²) in [6, 6.07) is 0. The van der Waals surface area contributed by atoms with Crippen LogP contribution in [0.1, 0.15) is 79.4 Å². The van der Waals surface area contributed by atoms with E-state index >= 15 is 0 Å². The molecule has 150 valence electrons. The SMILES string of the molecule is CC(C)(C)c1[nH]ncc1B(c1cn[nH]c1C(C)(C)C)c1cn[nH]c1C(C)(C)C. The molecule has 3 N–H and O–H groups in total. The van der Waals surface area contributed by atoms with E-state index in [1.807, 2.05) is 18.6 Å². The van der Waals surface area contributed by atoms with E-state index in [1.54, 1.807) is 0 Å². The average molecular weight is 380 g/mol. The van der Waals surface area contributed by atoms with Crippen LogP contribution in [0.3, 0.4) is 0 Å². The Bertz CT molecular complexity index is 818. The van der Waals surface area contributed by atoms with Crippen LogP contribution in [0.15, 0.2) is 18.6 Å². The minimum atomic E-state index is -0.0542. The smallest absolute Gasteiger partial charge is 0.254 e. The summed E-state index contributed by atoms with van der Waals surface area (Å²) in [6.45, 7) is 19.9. The zero-order chi connectivity index (χ0) is 20.9. The molecule has 0 aliphatic carbocycles. The maximum atomic E-state index is 4.43. The van der Waals surface area contributed by atoms with Crippen LogP contribution in [0, 0.1) is 0 Å². The van der Waals surface area contributed by atoms with Gasteiger partial charge in [0, 0.05) is 51.9 Å². The minimum absolute atomic E-state index is 0.00563. The van der Waals surface area contributed by atoms with Gasteiger partial charge in [0.1, 0.15) is 0 Å². The van der Waals surface area contributed by atoms with Crippen molar-refractivity contribution in [1.82, 2.24) is 30.6 Å². The van der Waals surface area contributed by atoms with Crippen LogP contribution in [-0.4, -0.2) is 37.3 Å². The van der Waals surface area contributed by atoms with E-state index < -0.39 is 0 Å². The first kappa shape index (κ1) is 20.4. The number of hydrogen-bond acceptors (Lipinski definition) is 3. The first-order chi connectivity index (χ1) is 12.8. The highest BCUT2D eigenvalue weighted by atomic mass is 15.1. The van der Waals surface area contributed by atoms with E-state index in [2.05, 4.69) is 92.9 Å². The number of aromatic nitrogens is 6. The van der Waals surface area contributed by atoms with Crippen LogP contribution in [0.2, 0.25) is 0 Å². The third-order valence-electron chi connectivity index (χ3n) is 5.19. The monoisotopic (exact) mass is 380 g/mol. The molecule has 0 atom stereocenters. The Morgan fingerprint density at radius 3 is 1.00 bits per heavy atom. The van der Waals surface area contributed by atoms with E-state index in [0.717, 1.165) is 17.1 Å². The van der Waals surface area contributed by atoms with Gasteiger partial charge in [-0.2, -0.15) is 15.3 Å². The maximum absolute atomic E-state index is 4.43. The highest BCUT2D eigenvalue weighted by Crippen LogP contribution is 2.23. The lowest BCUT2D eigenvalue weighted by Crippen LogP contribution is -2.57. The van der Waals surface area contributed by atoms with Crippen molar-refractivity contribution in [2.24, 2.45) is 0 Å². The molecule has 7 heteroatoms. The maximum Gasteiger partial charge on any atom is 0.254 e. The van der Waals surface area contributed by atoms with Crippen LogP contribution >= 0.6 is 0 Å². The van der Waals surface area contributed by atoms with Crippen molar-refractivity contribution < 1.29 is 0 Å². The molecule has 3 aromatic rings. The molecule has 3 rings (SSSR count). The highest BCUT2D eigenvalue weighted by Gasteiger charge is 2.38. The predicted octanol–water partition coefficient (Wildman–Crippen LogP) is 2.26. The van der Waals surface area contributed by atoms with Gasteiger partial charge in [0.2, 0.25) is 0 Å². The number of hydrogen-bond donors (Lipinski definition) is 3. The molecule has 0 saturated carbocycles. The predicted molar refractivity (Wildman–Crippen MR) is 117 cm³/mol. The number of nitrogens with one attached hydrogen (secondary N) is 3. The van der Waals surface area contributed by atoms with Crippen molar-refractivity contribution in [3.05, 3.63) is 35.7 Å². The second-order valence-corrected chi connectivity index (χ2v) is 10.8. The molecule has 28 heavy (non-hydrogen) atoms. The molecule has 0 bridgehead atoms. The lowest BCUT2D eigenvalue weighted by Gasteiger charge is -2.27. The lowest BCUT2D eigenvalue weighted by atomic mass is 9.35. The van der Waals surface area contributed by atoms with E-state index in [-0.39, 0.29) is 23.0 Å². The van der Waals surface area contributed by atoms with Crippen LogP contribution < -0.4 is 16.4 Å². The van der Waals surface area contributed by atoms with Gasteiger partial charge < -0.3 is 0 Å². The Hall–Kier alpha value is -2.31. The van der Waals surface area contributed by atoms with Gasteiger partial charge in [-0.05, 0) is 16.4 Å². The van der Waals surface area contributed by atoms with Gasteiger partial charge in [0.05, 0.1) is 0 Å². The normalized spacial score (nSPS) is 13.2. The quantitative estimate of drug-likeness (QED) is 0.610. The number of H-pyrrole nitrogens is 3. The number of nitrogens with zero attached hydrogens (tertiary/aromatic N) is 3. The fraction of sp³-hybridized carbons (Fsp3) is 0.571. The second-order valence-electron chi connectivity index (χ2n) is 10.8. The van der Waals surface area contributed by atoms with Crippen molar-refractivity contribution in [2.75, 3.05) is 0 Å². The Morgan fingerprint density at radius 1 is 0.536 bits per heavy atom. The molecule has 3 aromatic heterocycles. The minimum Gasteiger partial charge on any atom is -0.283 e. The van der Waals surface area contributed by atoms with E-state index in [0.29, 0.717) is 0 Å². The third kappa shape index (κ3) is 3.67. The molecule has 0 spiro atoms. The van der Waals surface area contributed by atoms with Gasteiger partial charge in [-0.25, -0.2) is 0 Å². The molecule has 0 unspecified atom stereocenters. The van der Waals surface area contributed by atoms with Gasteiger partial charge in [-0.3, -0.25) is 15.3 Å². The Morgan fingerprint density at radius 2 is 0.786 bits per heavy atom. The molecule has 0 saturated heterocycles. The summed E-state index contributed by atoms with van der Waals surface area (Å²) >= 11 is 0. The highest BCUT2D eigenvalue weighted by molar-refractivity contribution is 6.96. The molecular weight excluding hydrogens is 347 g/mol. The summed E-state index contributed by atoms with van der Waals surface area (Å²) in [5.74, 6) is 0. The van der Waals surface area contributed by atoms with E-state index in [4.69, 9.17) is 0 Å². The number of rotatable bonds is 3. The zero-order valence-electron chi connectivity index (χ0n) is 18.7. The van der Waals surface area contributed by atoms with Crippen molar-refractivity contribution in [1.29, 1.82) is 0 Å². The summed E-state index contributed by atoms with van der Waals surface area (Å²) in [5.41, 5.74) is 6.77. The summed E-state index contributed by atoms with van der Waals surface area (Å²) < 4.78 is 0. The first-order valence-electron chi connectivity index (χ1n) is 9.93. The third-order valence-corrected chi connectivity index (χ3v) is 5.19. The van der Waals surface area contributed by atoms with Gasteiger partial charge in [0.25, 0.3) is 6.71 Å². The van der Waals surface area contributed by atoms with E-state index in [1.165, 1.54) is 16.4 Å². The van der Waals surface area contributed by atoms with Crippen LogP contribution in [0.4, 0.5) is 0 Å². The van der Waals surface area contributed by atoms with E-state index in [9.17, 15) is 0 Å². The number of aromatic amines is 3. The standard InChI is InChI=1S/C21H33BN6/c1-19(2,3)16-13(10-23-26-16)22(14-11-24-27-17(14)20(4,5)6)15-12-25-28-18(15)21(7,8)9/h10-12H,1-9H3,(H,23,26)(H,24,27)(H,25,28). The van der Waals surface area contributed by atoms with Crippen molar-refractivity contribution in [2.45, 2.75) is 78.6 Å². The van der Waals surface area contributed by atoms with Crippen molar-refractivity contribution in [3.8, 4) is 0 Å². The Balaban J connectivity index is 2.31. The summed E-state index contributed by atoms with van der Waals surface area (Å²) in [6.07, 6.45) is 5.89. The Kier molecular flexibility index (Phi) is 4.84. The molecule has 0 fully saturated rings. The van der Waals surface area contributed by atoms with Crippen molar-refractivity contribution in [3.63, 3.8) is 0 Å². The average Bonchev–Trinajstić information content (AvgIpc) is 3.26. The molecule has 0 aliphatic rings. The molecule has 0 aliphatic heterocycles. The van der Waals surface area contributed by atoms with Gasteiger partial charge in [-0.1, -0.05) is 62.3 Å². The zero-order valence-corrected chi connectivity index (χ0v) is 18.7. The summed E-state index contributed by atoms with van der Waals surface area (Å²) in [7, 11) is 0. The van der Waals surface area contributed by atoms with Gasteiger partial charge in [0.15, 0.2) is 0 Å². The summed E-state index contributed by atoms with van der Waals surface area (Å²) in [5, 5.41) is 23.0. The molecule has 0 amide bonds. The molecular formula is C21H33BN6. The van der Waals surface area contributed by atoms with Gasteiger partial charge >= 0.3 is 0 Å². The summed E-state index contributed by atoms with van der Waals surface area (Å²) in [4.78, 5) is 0. The molecule has 3 heterocycles. The molecule has 0 aromatic carbocycles.